The van der Waals surface area contributed by atoms with Gasteiger partial charge in [-0.15, -0.1) is 0 Å². The number of nitrogens with two attached hydrogens (primary N) is 1. The first-order valence-electron chi connectivity index (χ1n) is 5.74. The second kappa shape index (κ2) is 5.17. The van der Waals surface area contributed by atoms with Crippen LogP contribution in [0.1, 0.15) is 36.7 Å². The van der Waals surface area contributed by atoms with E-state index in [2.05, 4.69) is 5.32 Å². The van der Waals surface area contributed by atoms with E-state index in [1.165, 1.54) is 6.07 Å². The maximum Gasteiger partial charge on any atom is 0.412 e. The summed E-state index contributed by atoms with van der Waals surface area (Å²) in [6.45, 7) is 6.80. The topological polar surface area (TPSA) is 102 Å². The number of hydrogen-bond donors (Lipinski definition) is 3. The number of carbonyl (C=O) groups is 2. The summed E-state index contributed by atoms with van der Waals surface area (Å²) in [5.41, 5.74) is 5.86. The van der Waals surface area contributed by atoms with E-state index >= 15 is 0 Å². The Morgan fingerprint density at radius 2 is 1.89 bits per heavy atom. The van der Waals surface area contributed by atoms with Gasteiger partial charge in [0.05, 0.1) is 5.56 Å². The molecule has 0 saturated heterocycles. The van der Waals surface area contributed by atoms with E-state index in [0.717, 1.165) is 0 Å². The summed E-state index contributed by atoms with van der Waals surface area (Å²) in [6.07, 6.45) is -0.642. The second-order valence-corrected chi connectivity index (χ2v) is 5.13. The van der Waals surface area contributed by atoms with E-state index in [-0.39, 0.29) is 11.3 Å². The zero-order valence-corrected chi connectivity index (χ0v) is 11.4. The molecule has 1 rings (SSSR count). The number of aromatic carboxylic acids is 1. The molecule has 0 aliphatic heterocycles. The molecule has 0 saturated carbocycles. The summed E-state index contributed by atoms with van der Waals surface area (Å²) in [4.78, 5) is 22.7. The van der Waals surface area contributed by atoms with Crippen molar-refractivity contribution in [2.45, 2.75) is 33.3 Å². The van der Waals surface area contributed by atoms with Gasteiger partial charge >= 0.3 is 12.1 Å². The number of nitrogens with one attached hydrogen (secondary N) is 1. The molecule has 1 amide bonds. The van der Waals surface area contributed by atoms with Gasteiger partial charge in [-0.2, -0.15) is 0 Å². The zero-order valence-electron chi connectivity index (χ0n) is 11.4. The van der Waals surface area contributed by atoms with Gasteiger partial charge in [-0.1, -0.05) is 0 Å². The molecule has 19 heavy (non-hydrogen) atoms. The molecule has 0 atom stereocenters. The van der Waals surface area contributed by atoms with Crippen molar-refractivity contribution >= 4 is 23.4 Å². The Kier molecular flexibility index (Phi) is 4.04. The number of amides is 1. The maximum atomic E-state index is 11.6. The van der Waals surface area contributed by atoms with Crippen molar-refractivity contribution in [2.75, 3.05) is 11.1 Å². The highest BCUT2D eigenvalue weighted by atomic mass is 16.6. The fraction of sp³-hybridized carbons (Fsp3) is 0.385. The first kappa shape index (κ1) is 14.8. The molecule has 6 heteroatoms. The fourth-order valence-electron chi connectivity index (χ4n) is 1.57. The number of carboxylic acid groups (broad SMARTS) is 1. The van der Waals surface area contributed by atoms with Crippen molar-refractivity contribution in [3.63, 3.8) is 0 Å². The predicted molar refractivity (Wildman–Crippen MR) is 72.4 cm³/mol. The van der Waals surface area contributed by atoms with Crippen molar-refractivity contribution < 1.29 is 19.4 Å². The molecule has 104 valence electrons. The van der Waals surface area contributed by atoms with Crippen LogP contribution in [0.25, 0.3) is 0 Å². The third-order valence-electron chi connectivity index (χ3n) is 2.35. The number of carbonyl (C=O) groups excluding carboxylic acids is 1. The Morgan fingerprint density at radius 1 is 1.32 bits per heavy atom. The molecule has 1 aromatic rings. The van der Waals surface area contributed by atoms with E-state index < -0.39 is 17.7 Å². The lowest BCUT2D eigenvalue weighted by atomic mass is 10.0. The Hall–Kier alpha value is -2.24. The minimum atomic E-state index is -1.14. The summed E-state index contributed by atoms with van der Waals surface area (Å²) >= 11 is 0. The van der Waals surface area contributed by atoms with E-state index in [9.17, 15) is 9.59 Å². The summed E-state index contributed by atoms with van der Waals surface area (Å²) in [5, 5.41) is 11.6. The Balaban J connectivity index is 3.01. The highest BCUT2D eigenvalue weighted by molar-refractivity contribution is 5.98. The normalized spacial score (nSPS) is 10.9. The third-order valence-corrected chi connectivity index (χ3v) is 2.35. The number of anilines is 2. The summed E-state index contributed by atoms with van der Waals surface area (Å²) in [7, 11) is 0. The van der Waals surface area contributed by atoms with Crippen LogP contribution < -0.4 is 11.1 Å². The molecule has 0 aromatic heterocycles. The van der Waals surface area contributed by atoms with E-state index in [1.807, 2.05) is 0 Å². The average Bonchev–Trinajstić information content (AvgIpc) is 2.19. The molecule has 6 nitrogen and oxygen atoms in total. The lowest BCUT2D eigenvalue weighted by molar-refractivity contribution is 0.0632. The van der Waals surface area contributed by atoms with Crippen LogP contribution in [0, 0.1) is 6.92 Å². The highest BCUT2D eigenvalue weighted by Crippen LogP contribution is 2.25. The number of benzene rings is 1. The van der Waals surface area contributed by atoms with Gasteiger partial charge in [0.15, 0.2) is 0 Å². The van der Waals surface area contributed by atoms with Gasteiger partial charge in [0.2, 0.25) is 0 Å². The van der Waals surface area contributed by atoms with Gasteiger partial charge in [-0.05, 0) is 45.4 Å². The molecule has 0 spiro atoms. The molecule has 0 bridgehead atoms. The minimum Gasteiger partial charge on any atom is -0.478 e. The summed E-state index contributed by atoms with van der Waals surface area (Å²) < 4.78 is 5.10. The number of nitrogen functional groups attached to an aromatic ring is 1. The lowest BCUT2D eigenvalue weighted by Crippen LogP contribution is -2.27. The summed E-state index contributed by atoms with van der Waals surface area (Å²) in [6, 6.07) is 2.98. The van der Waals surface area contributed by atoms with Crippen LogP contribution in [0.3, 0.4) is 0 Å². The quantitative estimate of drug-likeness (QED) is 0.714. The van der Waals surface area contributed by atoms with Gasteiger partial charge in [-0.3, -0.25) is 5.32 Å². The smallest absolute Gasteiger partial charge is 0.412 e. The van der Waals surface area contributed by atoms with Crippen LogP contribution in [0.2, 0.25) is 0 Å². The first-order valence-corrected chi connectivity index (χ1v) is 5.74. The Morgan fingerprint density at radius 3 is 2.37 bits per heavy atom. The lowest BCUT2D eigenvalue weighted by Gasteiger charge is -2.20. The molecule has 1 aromatic carbocycles. The van der Waals surface area contributed by atoms with Crippen molar-refractivity contribution in [3.8, 4) is 0 Å². The molecule has 0 radical (unpaired) electrons. The first-order chi connectivity index (χ1) is 8.61. The Bertz CT molecular complexity index is 518. The molecular formula is C13H18N2O4. The van der Waals surface area contributed by atoms with Crippen LogP contribution in [0.5, 0.6) is 0 Å². The zero-order chi connectivity index (χ0) is 14.8. The van der Waals surface area contributed by atoms with E-state index in [1.54, 1.807) is 33.8 Å². The molecule has 0 aliphatic rings. The van der Waals surface area contributed by atoms with Crippen LogP contribution in [-0.4, -0.2) is 22.8 Å². The van der Waals surface area contributed by atoms with Crippen LogP contribution in [-0.2, 0) is 4.74 Å². The average molecular weight is 266 g/mol. The second-order valence-electron chi connectivity index (χ2n) is 5.13. The monoisotopic (exact) mass is 266 g/mol. The van der Waals surface area contributed by atoms with Crippen LogP contribution in [0.15, 0.2) is 12.1 Å². The van der Waals surface area contributed by atoms with Gasteiger partial charge in [0, 0.05) is 11.4 Å². The minimum absolute atomic E-state index is 0.0199. The number of carboxylic acids is 1. The highest BCUT2D eigenvalue weighted by Gasteiger charge is 2.19. The molecule has 0 aliphatic carbocycles. The van der Waals surface area contributed by atoms with Gasteiger partial charge in [0.25, 0.3) is 0 Å². The number of ether oxygens (including phenoxy) is 1. The van der Waals surface area contributed by atoms with Crippen LogP contribution >= 0.6 is 0 Å². The van der Waals surface area contributed by atoms with E-state index in [4.69, 9.17) is 15.6 Å². The van der Waals surface area contributed by atoms with Gasteiger partial charge < -0.3 is 15.6 Å². The third kappa shape index (κ3) is 3.87. The standard InChI is InChI=1S/C13H18N2O4/c1-7-9(15-12(18)19-13(2,3)4)6-5-8(14)10(7)11(16)17/h5-6H,14H2,1-4H3,(H,15,18)(H,16,17). The molecule has 0 heterocycles. The molecule has 0 unspecified atom stereocenters. The largest absolute Gasteiger partial charge is 0.478 e. The Labute approximate surface area is 111 Å². The maximum absolute atomic E-state index is 11.6. The fourth-order valence-corrected chi connectivity index (χ4v) is 1.57. The van der Waals surface area contributed by atoms with Crippen molar-refractivity contribution in [1.29, 1.82) is 0 Å². The molecular weight excluding hydrogens is 248 g/mol. The van der Waals surface area contributed by atoms with Crippen molar-refractivity contribution in [2.24, 2.45) is 0 Å². The number of rotatable bonds is 2. The predicted octanol–water partition coefficient (Wildman–Crippen LogP) is 2.62. The SMILES string of the molecule is Cc1c(NC(=O)OC(C)(C)C)ccc(N)c1C(=O)O. The molecule has 4 N–H and O–H groups in total. The van der Waals surface area contributed by atoms with Crippen LogP contribution in [0.4, 0.5) is 16.2 Å². The van der Waals surface area contributed by atoms with Gasteiger partial charge in [-0.25, -0.2) is 9.59 Å². The van der Waals surface area contributed by atoms with Crippen molar-refractivity contribution in [1.82, 2.24) is 0 Å². The summed E-state index contributed by atoms with van der Waals surface area (Å²) in [5.74, 6) is -1.14. The molecule has 0 fully saturated rings. The van der Waals surface area contributed by atoms with Gasteiger partial charge in [0.1, 0.15) is 5.60 Å². The van der Waals surface area contributed by atoms with E-state index in [0.29, 0.717) is 11.3 Å². The number of hydrogen-bond acceptors (Lipinski definition) is 4. The van der Waals surface area contributed by atoms with Crippen molar-refractivity contribution in [3.05, 3.63) is 23.3 Å².